The summed E-state index contributed by atoms with van der Waals surface area (Å²) in [6.45, 7) is 6.66. The van der Waals surface area contributed by atoms with Gasteiger partial charge in [0.2, 0.25) is 0 Å². The molecule has 1 aliphatic rings. The molecule has 0 saturated carbocycles. The van der Waals surface area contributed by atoms with E-state index in [1.165, 1.54) is 22.5 Å². The summed E-state index contributed by atoms with van der Waals surface area (Å²) >= 11 is 1.51. The number of thiazole rings is 1. The molecule has 1 saturated heterocycles. The molecule has 0 N–H and O–H groups in total. The second kappa shape index (κ2) is 9.03. The molecule has 26 heavy (non-hydrogen) atoms. The molecule has 0 unspecified atom stereocenters. The minimum absolute atomic E-state index is 0.233. The van der Waals surface area contributed by atoms with Crippen molar-refractivity contribution >= 4 is 17.4 Å². The van der Waals surface area contributed by atoms with E-state index >= 15 is 0 Å². The molecular formula is C20H26N2O3S. The third kappa shape index (κ3) is 5.21. The van der Waals surface area contributed by atoms with Gasteiger partial charge in [-0.05, 0) is 50.7 Å². The van der Waals surface area contributed by atoms with Crippen LogP contribution in [0.5, 0.6) is 5.75 Å². The molecule has 1 aromatic carbocycles. The summed E-state index contributed by atoms with van der Waals surface area (Å²) < 4.78 is 11.3. The SMILES string of the molecule is Cc1ccc(OCCC2CCN(C(=O)OCc3cscn3)CC2)c(C)c1. The molecule has 2 heterocycles. The van der Waals surface area contributed by atoms with Crippen molar-refractivity contribution in [3.05, 3.63) is 45.9 Å². The maximum atomic E-state index is 12.1. The highest BCUT2D eigenvalue weighted by Crippen LogP contribution is 2.23. The molecule has 1 amide bonds. The Hall–Kier alpha value is -2.08. The lowest BCUT2D eigenvalue weighted by Gasteiger charge is -2.31. The summed E-state index contributed by atoms with van der Waals surface area (Å²) in [5.74, 6) is 1.57. The third-order valence-electron chi connectivity index (χ3n) is 4.81. The van der Waals surface area contributed by atoms with E-state index < -0.39 is 0 Å². The molecule has 1 fully saturated rings. The highest BCUT2D eigenvalue weighted by atomic mass is 32.1. The lowest BCUT2D eigenvalue weighted by atomic mass is 9.94. The maximum Gasteiger partial charge on any atom is 0.410 e. The van der Waals surface area contributed by atoms with Gasteiger partial charge in [-0.1, -0.05) is 17.7 Å². The number of benzene rings is 1. The lowest BCUT2D eigenvalue weighted by Crippen LogP contribution is -2.39. The Balaban J connectivity index is 1.35. The van der Waals surface area contributed by atoms with Crippen LogP contribution in [0.3, 0.4) is 0 Å². The van der Waals surface area contributed by atoms with Crippen molar-refractivity contribution in [3.8, 4) is 5.75 Å². The number of amides is 1. The molecule has 0 atom stereocenters. The average molecular weight is 375 g/mol. The van der Waals surface area contributed by atoms with Crippen LogP contribution in [0, 0.1) is 19.8 Å². The first-order valence-electron chi connectivity index (χ1n) is 9.10. The number of likely N-dealkylation sites (tertiary alicyclic amines) is 1. The first-order valence-corrected chi connectivity index (χ1v) is 10.0. The van der Waals surface area contributed by atoms with Gasteiger partial charge in [0.15, 0.2) is 0 Å². The van der Waals surface area contributed by atoms with E-state index in [0.29, 0.717) is 5.92 Å². The van der Waals surface area contributed by atoms with Crippen LogP contribution in [0.25, 0.3) is 0 Å². The highest BCUT2D eigenvalue weighted by Gasteiger charge is 2.23. The van der Waals surface area contributed by atoms with Gasteiger partial charge in [-0.3, -0.25) is 0 Å². The van der Waals surface area contributed by atoms with Gasteiger partial charge in [0.25, 0.3) is 0 Å². The Labute approximate surface area is 159 Å². The van der Waals surface area contributed by atoms with E-state index in [9.17, 15) is 4.79 Å². The highest BCUT2D eigenvalue weighted by molar-refractivity contribution is 7.07. The van der Waals surface area contributed by atoms with Gasteiger partial charge in [0.1, 0.15) is 12.4 Å². The van der Waals surface area contributed by atoms with Crippen molar-refractivity contribution in [1.82, 2.24) is 9.88 Å². The molecular weight excluding hydrogens is 348 g/mol. The van der Waals surface area contributed by atoms with E-state index in [0.717, 1.165) is 50.4 Å². The Morgan fingerprint density at radius 3 is 2.81 bits per heavy atom. The molecule has 3 rings (SSSR count). The summed E-state index contributed by atoms with van der Waals surface area (Å²) in [6, 6.07) is 6.27. The molecule has 0 bridgehead atoms. The molecule has 0 radical (unpaired) electrons. The minimum atomic E-state index is -0.233. The summed E-state index contributed by atoms with van der Waals surface area (Å²) in [7, 11) is 0. The van der Waals surface area contributed by atoms with Crippen molar-refractivity contribution in [2.45, 2.75) is 39.7 Å². The van der Waals surface area contributed by atoms with Crippen LogP contribution in [-0.2, 0) is 11.3 Å². The zero-order valence-electron chi connectivity index (χ0n) is 15.4. The summed E-state index contributed by atoms with van der Waals surface area (Å²) in [4.78, 5) is 18.0. The van der Waals surface area contributed by atoms with Crippen LogP contribution >= 0.6 is 11.3 Å². The molecule has 140 valence electrons. The second-order valence-electron chi connectivity index (χ2n) is 6.87. The van der Waals surface area contributed by atoms with E-state index in [4.69, 9.17) is 9.47 Å². The van der Waals surface area contributed by atoms with E-state index in [1.807, 2.05) is 11.4 Å². The van der Waals surface area contributed by atoms with Crippen molar-refractivity contribution in [2.24, 2.45) is 5.92 Å². The van der Waals surface area contributed by atoms with Crippen molar-refractivity contribution < 1.29 is 14.3 Å². The Morgan fingerprint density at radius 1 is 1.31 bits per heavy atom. The third-order valence-corrected chi connectivity index (χ3v) is 5.45. The number of carbonyl (C=O) groups is 1. The number of piperidine rings is 1. The van der Waals surface area contributed by atoms with Crippen LogP contribution in [0.4, 0.5) is 4.79 Å². The number of hydrogen-bond acceptors (Lipinski definition) is 5. The first-order chi connectivity index (χ1) is 12.6. The normalized spacial score (nSPS) is 15.1. The largest absolute Gasteiger partial charge is 0.493 e. The molecule has 6 heteroatoms. The van der Waals surface area contributed by atoms with Crippen molar-refractivity contribution in [2.75, 3.05) is 19.7 Å². The fraction of sp³-hybridized carbons (Fsp3) is 0.500. The molecule has 1 aromatic heterocycles. The van der Waals surface area contributed by atoms with Crippen LogP contribution in [0.2, 0.25) is 0 Å². The fourth-order valence-corrected chi connectivity index (χ4v) is 3.78. The fourth-order valence-electron chi connectivity index (χ4n) is 3.24. The number of nitrogens with zero attached hydrogens (tertiary/aromatic N) is 2. The van der Waals surface area contributed by atoms with Gasteiger partial charge in [0.05, 0.1) is 17.8 Å². The molecule has 1 aliphatic heterocycles. The van der Waals surface area contributed by atoms with Gasteiger partial charge >= 0.3 is 6.09 Å². The number of carbonyl (C=O) groups excluding carboxylic acids is 1. The first kappa shape index (κ1) is 18.7. The predicted octanol–water partition coefficient (Wildman–Crippen LogP) is 4.58. The van der Waals surface area contributed by atoms with Crippen LogP contribution in [-0.4, -0.2) is 35.7 Å². The summed E-state index contributed by atoms with van der Waals surface area (Å²) in [6.07, 6.45) is 2.79. The second-order valence-corrected chi connectivity index (χ2v) is 7.59. The zero-order chi connectivity index (χ0) is 18.4. The van der Waals surface area contributed by atoms with Gasteiger partial charge < -0.3 is 14.4 Å². The van der Waals surface area contributed by atoms with E-state index in [2.05, 4.69) is 31.0 Å². The van der Waals surface area contributed by atoms with Crippen LogP contribution in [0.1, 0.15) is 36.1 Å². The van der Waals surface area contributed by atoms with Gasteiger partial charge in [-0.2, -0.15) is 0 Å². The van der Waals surface area contributed by atoms with Crippen molar-refractivity contribution in [3.63, 3.8) is 0 Å². The average Bonchev–Trinajstić information content (AvgIpc) is 3.16. The quantitative estimate of drug-likeness (QED) is 0.743. The van der Waals surface area contributed by atoms with Crippen molar-refractivity contribution in [1.29, 1.82) is 0 Å². The Morgan fingerprint density at radius 2 is 2.12 bits per heavy atom. The number of aromatic nitrogens is 1. The Bertz CT molecular complexity index is 710. The van der Waals surface area contributed by atoms with E-state index in [1.54, 1.807) is 10.4 Å². The lowest BCUT2D eigenvalue weighted by molar-refractivity contribution is 0.0792. The monoisotopic (exact) mass is 374 g/mol. The number of hydrogen-bond donors (Lipinski definition) is 0. The van der Waals surface area contributed by atoms with Crippen LogP contribution in [0.15, 0.2) is 29.1 Å². The molecule has 0 aliphatic carbocycles. The summed E-state index contributed by atoms with van der Waals surface area (Å²) in [5.41, 5.74) is 4.99. The van der Waals surface area contributed by atoms with E-state index in [-0.39, 0.29) is 12.7 Å². The standard InChI is InChI=1S/C20H26N2O3S/c1-15-3-4-19(16(2)11-15)24-10-7-17-5-8-22(9-6-17)20(23)25-12-18-13-26-14-21-18/h3-4,11,13-14,17H,5-10,12H2,1-2H3. The van der Waals surface area contributed by atoms with Crippen LogP contribution < -0.4 is 4.74 Å². The number of rotatable bonds is 6. The van der Waals surface area contributed by atoms with Gasteiger partial charge in [-0.15, -0.1) is 11.3 Å². The molecule has 0 spiro atoms. The zero-order valence-corrected chi connectivity index (χ0v) is 16.3. The number of ether oxygens (including phenoxy) is 2. The molecule has 5 nitrogen and oxygen atoms in total. The smallest absolute Gasteiger partial charge is 0.410 e. The molecule has 2 aromatic rings. The maximum absolute atomic E-state index is 12.1. The topological polar surface area (TPSA) is 51.7 Å². The summed E-state index contributed by atoms with van der Waals surface area (Å²) in [5, 5.41) is 1.90. The Kier molecular flexibility index (Phi) is 6.50. The minimum Gasteiger partial charge on any atom is -0.493 e. The number of aryl methyl sites for hydroxylation is 2. The predicted molar refractivity (Wildman–Crippen MR) is 103 cm³/mol. The van der Waals surface area contributed by atoms with Gasteiger partial charge in [-0.25, -0.2) is 9.78 Å². The van der Waals surface area contributed by atoms with Gasteiger partial charge in [0, 0.05) is 18.5 Å².